The van der Waals surface area contributed by atoms with Gasteiger partial charge >= 0.3 is 47.4 Å². The van der Waals surface area contributed by atoms with E-state index < -0.39 is 34.2 Å². The van der Waals surface area contributed by atoms with Gasteiger partial charge in [-0.3, -0.25) is 4.90 Å². The summed E-state index contributed by atoms with van der Waals surface area (Å²) in [5, 5.41) is 0.255. The van der Waals surface area contributed by atoms with Crippen molar-refractivity contribution >= 4 is 22.4 Å². The molecule has 0 aromatic heterocycles. The Morgan fingerprint density at radius 3 is 2.62 bits per heavy atom. The van der Waals surface area contributed by atoms with Gasteiger partial charge in [0.25, 0.3) is 0 Å². The molecule has 1 aromatic carbocycles. The maximum atomic E-state index is 15.4. The zero-order valence-electron chi connectivity index (χ0n) is 12.6. The van der Waals surface area contributed by atoms with Gasteiger partial charge in [0.05, 0.1) is 13.7 Å². The number of rotatable bonds is 3. The van der Waals surface area contributed by atoms with Crippen LogP contribution in [0.2, 0.25) is 0 Å². The van der Waals surface area contributed by atoms with Crippen molar-refractivity contribution in [1.29, 1.82) is 0 Å². The Morgan fingerprint density at radius 2 is 2.04 bits per heavy atom. The van der Waals surface area contributed by atoms with Gasteiger partial charge in [0, 0.05) is 5.56 Å². The number of hydroxylamine groups is 2. The third-order valence-electron chi connectivity index (χ3n) is 3.73. The average molecular weight is 368 g/mol. The standard InChI is InChI=1S/C12H11FN2O7S.Na/c1-21-10(16)12(13)8-5-3-2-4-7(8)9-6-14(12)11(17)15(9)22-23(18,19)20;/h2-5,9H,6H2,1H3,(H,18,19,20);/q;+1/p-1. The van der Waals surface area contributed by atoms with Crippen molar-refractivity contribution < 1.29 is 65.5 Å². The fourth-order valence-corrected chi connectivity index (χ4v) is 3.20. The van der Waals surface area contributed by atoms with E-state index in [2.05, 4.69) is 9.02 Å². The van der Waals surface area contributed by atoms with Crippen LogP contribution in [-0.4, -0.2) is 48.6 Å². The Labute approximate surface area is 158 Å². The van der Waals surface area contributed by atoms with Gasteiger partial charge in [0.1, 0.15) is 6.04 Å². The molecule has 24 heavy (non-hydrogen) atoms. The Morgan fingerprint density at radius 1 is 1.42 bits per heavy atom. The molecule has 124 valence electrons. The van der Waals surface area contributed by atoms with E-state index in [4.69, 9.17) is 0 Å². The molecule has 2 bridgehead atoms. The second kappa shape index (κ2) is 6.24. The largest absolute Gasteiger partial charge is 1.00 e. The summed E-state index contributed by atoms with van der Waals surface area (Å²) in [6, 6.07) is 3.32. The Hall–Kier alpha value is -1.24. The fourth-order valence-electron chi connectivity index (χ4n) is 2.83. The number of amides is 2. The van der Waals surface area contributed by atoms with E-state index in [0.717, 1.165) is 7.11 Å². The molecule has 2 atom stereocenters. The van der Waals surface area contributed by atoms with Crippen LogP contribution < -0.4 is 29.6 Å². The number of hydrogen-bond acceptors (Lipinski definition) is 7. The van der Waals surface area contributed by atoms with Crippen LogP contribution in [0.25, 0.3) is 0 Å². The van der Waals surface area contributed by atoms with Crippen molar-refractivity contribution in [3.63, 3.8) is 0 Å². The topological polar surface area (TPSA) is 116 Å². The minimum absolute atomic E-state index is 0. The summed E-state index contributed by atoms with van der Waals surface area (Å²) in [4.78, 5) is 24.7. The fraction of sp³-hybridized carbons (Fsp3) is 0.333. The summed E-state index contributed by atoms with van der Waals surface area (Å²) in [5.74, 6) is -4.28. The first-order valence-electron chi connectivity index (χ1n) is 6.33. The summed E-state index contributed by atoms with van der Waals surface area (Å²) in [7, 11) is -4.30. The predicted molar refractivity (Wildman–Crippen MR) is 68.7 cm³/mol. The van der Waals surface area contributed by atoms with Crippen molar-refractivity contribution in [3.8, 4) is 0 Å². The molecule has 2 amide bonds. The summed E-state index contributed by atoms with van der Waals surface area (Å²) >= 11 is 0. The van der Waals surface area contributed by atoms with Crippen molar-refractivity contribution in [2.24, 2.45) is 0 Å². The zero-order chi connectivity index (χ0) is 17.0. The van der Waals surface area contributed by atoms with Crippen LogP contribution in [0, 0.1) is 0 Å². The first kappa shape index (κ1) is 19.1. The minimum Gasteiger partial charge on any atom is -0.724 e. The van der Waals surface area contributed by atoms with Gasteiger partial charge in [-0.05, 0) is 5.56 Å². The Balaban J connectivity index is 0.00000208. The number of methoxy groups -OCH3 is 1. The monoisotopic (exact) mass is 368 g/mol. The first-order chi connectivity index (χ1) is 10.7. The maximum Gasteiger partial charge on any atom is 1.00 e. The van der Waals surface area contributed by atoms with Crippen LogP contribution in [-0.2, 0) is 30.0 Å². The molecule has 2 unspecified atom stereocenters. The van der Waals surface area contributed by atoms with Crippen LogP contribution >= 0.6 is 0 Å². The van der Waals surface area contributed by atoms with Crippen LogP contribution in [0.4, 0.5) is 9.18 Å². The molecule has 1 fully saturated rings. The molecule has 2 heterocycles. The van der Waals surface area contributed by atoms with Gasteiger partial charge in [-0.25, -0.2) is 22.4 Å². The normalized spacial score (nSPS) is 25.1. The molecule has 0 radical (unpaired) electrons. The molecular formula is C12H10FN2NaO7S. The SMILES string of the molecule is COC(=O)C1(F)c2ccccc2C2CN1C(=O)N2OS(=O)(=O)[O-].[Na+]. The molecule has 2 aliphatic rings. The number of ether oxygens (including phenoxy) is 1. The van der Waals surface area contributed by atoms with Crippen LogP contribution in [0.15, 0.2) is 24.3 Å². The summed E-state index contributed by atoms with van der Waals surface area (Å²) in [5.41, 5.74) is -0.0306. The molecule has 2 aliphatic heterocycles. The van der Waals surface area contributed by atoms with Crippen molar-refractivity contribution in [3.05, 3.63) is 35.4 Å². The van der Waals surface area contributed by atoms with Gasteiger partial charge in [-0.1, -0.05) is 24.3 Å². The number of esters is 1. The molecular weight excluding hydrogens is 358 g/mol. The summed E-state index contributed by atoms with van der Waals surface area (Å²) in [6.07, 6.45) is 0. The summed E-state index contributed by atoms with van der Waals surface area (Å²) < 4.78 is 56.4. The molecule has 3 rings (SSSR count). The Kier molecular flexibility index (Phi) is 4.97. The second-order valence-electron chi connectivity index (χ2n) is 4.92. The van der Waals surface area contributed by atoms with E-state index in [9.17, 15) is 22.6 Å². The maximum absolute atomic E-state index is 15.4. The molecule has 1 aromatic rings. The van der Waals surface area contributed by atoms with E-state index in [-0.39, 0.29) is 52.3 Å². The predicted octanol–water partition coefficient (Wildman–Crippen LogP) is -2.83. The number of nitrogens with zero attached hydrogens (tertiary/aromatic N) is 2. The average Bonchev–Trinajstić information content (AvgIpc) is 2.78. The first-order valence-corrected chi connectivity index (χ1v) is 7.66. The summed E-state index contributed by atoms with van der Waals surface area (Å²) in [6.45, 7) is -0.378. The molecule has 12 heteroatoms. The molecule has 0 aliphatic carbocycles. The zero-order valence-corrected chi connectivity index (χ0v) is 15.4. The van der Waals surface area contributed by atoms with Gasteiger partial charge in [-0.15, -0.1) is 0 Å². The minimum atomic E-state index is -5.25. The van der Waals surface area contributed by atoms with E-state index in [1.54, 1.807) is 0 Å². The molecule has 9 nitrogen and oxygen atoms in total. The number of benzene rings is 1. The molecule has 0 saturated carbocycles. The van der Waals surface area contributed by atoms with Gasteiger partial charge in [0.15, 0.2) is 0 Å². The number of fused-ring (bicyclic) bond motifs is 4. The van der Waals surface area contributed by atoms with E-state index in [1.807, 2.05) is 0 Å². The second-order valence-corrected chi connectivity index (χ2v) is 5.88. The Bertz CT molecular complexity index is 804. The number of carbonyl (C=O) groups is 2. The van der Waals surface area contributed by atoms with Crippen molar-refractivity contribution in [2.45, 2.75) is 11.8 Å². The van der Waals surface area contributed by atoms with E-state index in [1.165, 1.54) is 24.3 Å². The van der Waals surface area contributed by atoms with Crippen LogP contribution in [0.5, 0.6) is 0 Å². The van der Waals surface area contributed by atoms with E-state index >= 15 is 4.39 Å². The third kappa shape index (κ3) is 2.70. The number of urea groups is 1. The van der Waals surface area contributed by atoms with Crippen LogP contribution in [0.3, 0.4) is 0 Å². The van der Waals surface area contributed by atoms with Crippen LogP contribution in [0.1, 0.15) is 17.2 Å². The van der Waals surface area contributed by atoms with E-state index in [0.29, 0.717) is 4.90 Å². The smallest absolute Gasteiger partial charge is 0.724 e. The van der Waals surface area contributed by atoms with Crippen molar-refractivity contribution in [1.82, 2.24) is 9.96 Å². The third-order valence-corrected chi connectivity index (χ3v) is 4.08. The molecule has 0 spiro atoms. The number of alkyl halides is 1. The van der Waals surface area contributed by atoms with Gasteiger partial charge < -0.3 is 9.29 Å². The van der Waals surface area contributed by atoms with Gasteiger partial charge in [-0.2, -0.15) is 9.35 Å². The quantitative estimate of drug-likeness (QED) is 0.186. The van der Waals surface area contributed by atoms with Gasteiger partial charge in [0.2, 0.25) is 10.4 Å². The number of hydrogen-bond donors (Lipinski definition) is 0. The molecule has 1 saturated heterocycles. The number of carbonyl (C=O) groups excluding carboxylic acids is 2. The van der Waals surface area contributed by atoms with Crippen molar-refractivity contribution in [2.75, 3.05) is 13.7 Å². The molecule has 0 N–H and O–H groups in total. The number of halogens is 1.